The molecule has 0 aliphatic rings. The molecule has 0 spiro atoms. The maximum absolute atomic E-state index is 13.3. The molecule has 5 heteroatoms. The average Bonchev–Trinajstić information content (AvgIpc) is 2.38. The number of halogens is 1. The summed E-state index contributed by atoms with van der Waals surface area (Å²) in [4.78, 5) is 0. The quantitative estimate of drug-likeness (QED) is 0.787. The van der Waals surface area contributed by atoms with E-state index < -0.39 is 11.4 Å². The number of hydrogen-bond donors (Lipinski definition) is 1. The lowest BCUT2D eigenvalue weighted by Crippen LogP contribution is -2.31. The van der Waals surface area contributed by atoms with E-state index in [0.29, 0.717) is 11.3 Å². The van der Waals surface area contributed by atoms with Crippen molar-refractivity contribution >= 4 is 0 Å². The first-order chi connectivity index (χ1) is 8.57. The molecule has 0 saturated heterocycles. The molecule has 0 aliphatic heterocycles. The molecule has 1 atom stereocenters. The first-order valence-corrected chi connectivity index (χ1v) is 5.53. The topological polar surface area (TPSA) is 62.5 Å². The summed E-state index contributed by atoms with van der Waals surface area (Å²) in [6.45, 7) is 1.45. The van der Waals surface area contributed by atoms with E-state index in [0.717, 1.165) is 0 Å². The number of rotatable bonds is 6. The second-order valence-electron chi connectivity index (χ2n) is 3.99. The predicted molar refractivity (Wildman–Crippen MR) is 63.6 cm³/mol. The van der Waals surface area contributed by atoms with Crippen LogP contribution in [0.25, 0.3) is 0 Å². The van der Waals surface area contributed by atoms with Crippen LogP contribution in [0.1, 0.15) is 18.9 Å². The maximum Gasteiger partial charge on any atom is 0.125 e. The summed E-state index contributed by atoms with van der Waals surface area (Å²) in [6, 6.07) is 5.96. The Morgan fingerprint density at radius 3 is 2.78 bits per heavy atom. The third kappa shape index (κ3) is 3.19. The lowest BCUT2D eigenvalue weighted by molar-refractivity contribution is -0.0712. The molecule has 0 saturated carbocycles. The zero-order valence-electron chi connectivity index (χ0n) is 10.4. The largest absolute Gasteiger partial charge is 0.496 e. The normalized spacial score (nSPS) is 13.7. The number of hydrogen-bond acceptors (Lipinski definition) is 4. The molecule has 0 aromatic heterocycles. The molecule has 1 rings (SSSR count). The van der Waals surface area contributed by atoms with Gasteiger partial charge >= 0.3 is 0 Å². The predicted octanol–water partition coefficient (Wildman–Crippen LogP) is 1.97. The van der Waals surface area contributed by atoms with Gasteiger partial charge in [-0.05, 0) is 25.1 Å². The van der Waals surface area contributed by atoms with E-state index in [1.54, 1.807) is 6.92 Å². The molecule has 4 nitrogen and oxygen atoms in total. The molecule has 0 aliphatic carbocycles. The molecule has 0 heterocycles. The van der Waals surface area contributed by atoms with Crippen molar-refractivity contribution in [2.75, 3.05) is 20.3 Å². The van der Waals surface area contributed by atoms with Gasteiger partial charge in [-0.1, -0.05) is 0 Å². The van der Waals surface area contributed by atoms with Crippen LogP contribution in [-0.2, 0) is 10.3 Å². The van der Waals surface area contributed by atoms with E-state index in [1.807, 2.05) is 6.07 Å². The molecule has 98 valence electrons. The smallest absolute Gasteiger partial charge is 0.125 e. The van der Waals surface area contributed by atoms with Crippen LogP contribution in [0.15, 0.2) is 18.2 Å². The van der Waals surface area contributed by atoms with Crippen molar-refractivity contribution in [3.8, 4) is 11.8 Å². The third-order valence-electron chi connectivity index (χ3n) is 2.67. The summed E-state index contributed by atoms with van der Waals surface area (Å²) in [7, 11) is 1.46. The second-order valence-corrected chi connectivity index (χ2v) is 3.99. The maximum atomic E-state index is 13.3. The van der Waals surface area contributed by atoms with Crippen LogP contribution in [0.5, 0.6) is 5.75 Å². The fraction of sp³-hybridized carbons (Fsp3) is 0.462. The second kappa shape index (κ2) is 6.34. The van der Waals surface area contributed by atoms with Gasteiger partial charge in [0.1, 0.15) is 17.2 Å². The summed E-state index contributed by atoms with van der Waals surface area (Å²) >= 11 is 0. The van der Waals surface area contributed by atoms with Gasteiger partial charge in [0, 0.05) is 5.56 Å². The van der Waals surface area contributed by atoms with E-state index >= 15 is 0 Å². The van der Waals surface area contributed by atoms with E-state index in [-0.39, 0.29) is 19.6 Å². The van der Waals surface area contributed by atoms with Gasteiger partial charge in [-0.2, -0.15) is 5.26 Å². The minimum Gasteiger partial charge on any atom is -0.496 e. The van der Waals surface area contributed by atoms with Crippen LogP contribution in [-0.4, -0.2) is 25.4 Å². The van der Waals surface area contributed by atoms with Gasteiger partial charge in [-0.15, -0.1) is 0 Å². The molecule has 18 heavy (non-hydrogen) atoms. The zero-order chi connectivity index (χ0) is 13.6. The van der Waals surface area contributed by atoms with Crippen LogP contribution < -0.4 is 4.74 Å². The summed E-state index contributed by atoms with van der Waals surface area (Å²) < 4.78 is 23.9. The van der Waals surface area contributed by atoms with Gasteiger partial charge in [-0.25, -0.2) is 4.39 Å². The van der Waals surface area contributed by atoms with Crippen LogP contribution in [0.3, 0.4) is 0 Å². The Morgan fingerprint density at radius 1 is 1.50 bits per heavy atom. The van der Waals surface area contributed by atoms with Crippen molar-refractivity contribution in [2.45, 2.75) is 18.9 Å². The molecule has 1 N–H and O–H groups in total. The Bertz CT molecular complexity index is 444. The Morgan fingerprint density at radius 2 is 2.22 bits per heavy atom. The molecule has 1 aromatic rings. The van der Waals surface area contributed by atoms with Crippen molar-refractivity contribution in [3.05, 3.63) is 29.6 Å². The number of aliphatic hydroxyl groups is 1. The minimum atomic E-state index is -1.09. The van der Waals surface area contributed by atoms with E-state index in [4.69, 9.17) is 14.7 Å². The van der Waals surface area contributed by atoms with Crippen LogP contribution in [0.4, 0.5) is 4.39 Å². The lowest BCUT2D eigenvalue weighted by atomic mass is 9.95. The molecular weight excluding hydrogens is 237 g/mol. The fourth-order valence-electron chi connectivity index (χ4n) is 1.62. The van der Waals surface area contributed by atoms with Crippen molar-refractivity contribution < 1.29 is 19.0 Å². The monoisotopic (exact) mass is 253 g/mol. The Balaban J connectivity index is 3.06. The number of nitrogens with zero attached hydrogens (tertiary/aromatic N) is 1. The molecule has 0 radical (unpaired) electrons. The van der Waals surface area contributed by atoms with E-state index in [2.05, 4.69) is 0 Å². The van der Waals surface area contributed by atoms with Crippen LogP contribution >= 0.6 is 0 Å². The summed E-state index contributed by atoms with van der Waals surface area (Å²) in [6.07, 6.45) is 0.202. The number of ether oxygens (including phenoxy) is 2. The van der Waals surface area contributed by atoms with Crippen molar-refractivity contribution in [1.82, 2.24) is 0 Å². The average molecular weight is 253 g/mol. The minimum absolute atomic E-state index is 0.160. The standard InChI is InChI=1S/C13H16FNO3/c1-13(9-16,18-7-3-6-15)11-8-10(14)4-5-12(11)17-2/h4-5,8,16H,3,7,9H2,1-2H3. The SMILES string of the molecule is COc1ccc(F)cc1C(C)(CO)OCCC#N. The molecule has 0 fully saturated rings. The molecule has 1 unspecified atom stereocenters. The highest BCUT2D eigenvalue weighted by Crippen LogP contribution is 2.33. The van der Waals surface area contributed by atoms with E-state index in [1.165, 1.54) is 25.3 Å². The van der Waals surface area contributed by atoms with Crippen molar-refractivity contribution in [3.63, 3.8) is 0 Å². The number of aliphatic hydroxyl groups excluding tert-OH is 1. The van der Waals surface area contributed by atoms with Gasteiger partial charge < -0.3 is 14.6 Å². The van der Waals surface area contributed by atoms with Gasteiger partial charge in [0.2, 0.25) is 0 Å². The molecule has 0 amide bonds. The Labute approximate surface area is 106 Å². The van der Waals surface area contributed by atoms with Crippen molar-refractivity contribution in [2.24, 2.45) is 0 Å². The zero-order valence-corrected chi connectivity index (χ0v) is 10.4. The molecule has 1 aromatic carbocycles. The summed E-state index contributed by atoms with van der Waals surface area (Å²) in [5, 5.41) is 17.9. The molecule has 0 bridgehead atoms. The Hall–Kier alpha value is -1.64. The van der Waals surface area contributed by atoms with Gasteiger partial charge in [-0.3, -0.25) is 0 Å². The highest BCUT2D eigenvalue weighted by molar-refractivity contribution is 5.38. The van der Waals surface area contributed by atoms with E-state index in [9.17, 15) is 9.50 Å². The number of methoxy groups -OCH3 is 1. The third-order valence-corrected chi connectivity index (χ3v) is 2.67. The van der Waals surface area contributed by atoms with Crippen LogP contribution in [0, 0.1) is 17.1 Å². The van der Waals surface area contributed by atoms with Crippen molar-refractivity contribution in [1.29, 1.82) is 5.26 Å². The lowest BCUT2D eigenvalue weighted by Gasteiger charge is -2.29. The van der Waals surface area contributed by atoms with Crippen LogP contribution in [0.2, 0.25) is 0 Å². The first kappa shape index (κ1) is 14.4. The Kier molecular flexibility index (Phi) is 5.08. The summed E-state index contributed by atoms with van der Waals surface area (Å²) in [5.41, 5.74) is -0.671. The molecular formula is C13H16FNO3. The highest BCUT2D eigenvalue weighted by atomic mass is 19.1. The number of nitriles is 1. The van der Waals surface area contributed by atoms with Gasteiger partial charge in [0.15, 0.2) is 0 Å². The van der Waals surface area contributed by atoms with Gasteiger partial charge in [0.05, 0.1) is 32.8 Å². The highest BCUT2D eigenvalue weighted by Gasteiger charge is 2.30. The van der Waals surface area contributed by atoms with Gasteiger partial charge in [0.25, 0.3) is 0 Å². The fourth-order valence-corrected chi connectivity index (χ4v) is 1.62. The summed E-state index contributed by atoms with van der Waals surface area (Å²) in [5.74, 6) is -0.000680. The first-order valence-electron chi connectivity index (χ1n) is 5.53. The number of benzene rings is 1.